The summed E-state index contributed by atoms with van der Waals surface area (Å²) >= 11 is 1.89. The topological polar surface area (TPSA) is 30.5 Å². The quantitative estimate of drug-likeness (QED) is 0.802. The maximum Gasteiger partial charge on any atom is 0.118 e. The maximum atomic E-state index is 5.46. The summed E-state index contributed by atoms with van der Waals surface area (Å²) in [5.41, 5.74) is 0. The molecule has 1 saturated heterocycles. The highest BCUT2D eigenvalue weighted by Gasteiger charge is 2.24. The van der Waals surface area contributed by atoms with E-state index in [1.54, 1.807) is 7.11 Å². The Morgan fingerprint density at radius 3 is 2.78 bits per heavy atom. The largest absolute Gasteiger partial charge is 0.497 e. The highest BCUT2D eigenvalue weighted by Crippen LogP contribution is 2.25. The molecule has 1 aliphatic heterocycles. The summed E-state index contributed by atoms with van der Waals surface area (Å²) in [6.07, 6.45) is 1.18. The molecule has 2 unspecified atom stereocenters. The minimum Gasteiger partial charge on any atom is -0.497 e. The monoisotopic (exact) mass is 267 g/mol. The number of benzene rings is 1. The summed E-state index contributed by atoms with van der Waals surface area (Å²) in [7, 11) is 3.73. The smallest absolute Gasteiger partial charge is 0.118 e. The van der Waals surface area contributed by atoms with Gasteiger partial charge in [-0.2, -0.15) is 0 Å². The van der Waals surface area contributed by atoms with Crippen LogP contribution in [0.5, 0.6) is 5.75 Å². The molecule has 2 rings (SSSR count). The van der Waals surface area contributed by atoms with Gasteiger partial charge in [-0.15, -0.1) is 11.8 Å². The van der Waals surface area contributed by atoms with E-state index in [9.17, 15) is 0 Å². The van der Waals surface area contributed by atoms with E-state index < -0.39 is 0 Å². The third kappa shape index (κ3) is 3.64. The molecule has 0 spiro atoms. The molecule has 1 aromatic rings. The van der Waals surface area contributed by atoms with Gasteiger partial charge in [-0.1, -0.05) is 0 Å². The van der Waals surface area contributed by atoms with Gasteiger partial charge in [-0.25, -0.2) is 0 Å². The second-order valence-corrected chi connectivity index (χ2v) is 5.60. The van der Waals surface area contributed by atoms with E-state index in [1.165, 1.54) is 11.3 Å². The molecule has 0 amide bonds. The zero-order valence-corrected chi connectivity index (χ0v) is 11.8. The molecule has 1 N–H and O–H groups in total. The fraction of sp³-hybridized carbons (Fsp3) is 0.571. The summed E-state index contributed by atoms with van der Waals surface area (Å²) < 4.78 is 10.6. The molecule has 1 heterocycles. The number of hydrogen-bond donors (Lipinski definition) is 1. The van der Waals surface area contributed by atoms with Crippen molar-refractivity contribution >= 4 is 11.8 Å². The Morgan fingerprint density at radius 1 is 1.44 bits per heavy atom. The van der Waals surface area contributed by atoms with E-state index in [0.29, 0.717) is 12.0 Å². The van der Waals surface area contributed by atoms with Crippen molar-refractivity contribution in [1.82, 2.24) is 5.32 Å². The highest BCUT2D eigenvalue weighted by molar-refractivity contribution is 7.99. The molecule has 0 bridgehead atoms. The van der Waals surface area contributed by atoms with Crippen LogP contribution < -0.4 is 10.1 Å². The van der Waals surface area contributed by atoms with Crippen molar-refractivity contribution in [2.24, 2.45) is 5.92 Å². The van der Waals surface area contributed by atoms with E-state index in [-0.39, 0.29) is 0 Å². The van der Waals surface area contributed by atoms with Crippen molar-refractivity contribution in [2.45, 2.75) is 17.4 Å². The van der Waals surface area contributed by atoms with Crippen LogP contribution in [-0.2, 0) is 4.74 Å². The van der Waals surface area contributed by atoms with E-state index in [0.717, 1.165) is 24.7 Å². The molecule has 1 aromatic carbocycles. The summed E-state index contributed by atoms with van der Waals surface area (Å²) in [6.45, 7) is 1.81. The van der Waals surface area contributed by atoms with Crippen LogP contribution in [0.3, 0.4) is 0 Å². The molecule has 0 radical (unpaired) electrons. The van der Waals surface area contributed by atoms with Crippen LogP contribution in [0.2, 0.25) is 0 Å². The predicted molar refractivity (Wildman–Crippen MR) is 75.5 cm³/mol. The number of rotatable bonds is 6. The van der Waals surface area contributed by atoms with Gasteiger partial charge in [0.25, 0.3) is 0 Å². The van der Waals surface area contributed by atoms with Crippen molar-refractivity contribution in [3.05, 3.63) is 24.3 Å². The molecule has 18 heavy (non-hydrogen) atoms. The van der Waals surface area contributed by atoms with Gasteiger partial charge in [0.15, 0.2) is 0 Å². The van der Waals surface area contributed by atoms with Crippen molar-refractivity contribution in [1.29, 1.82) is 0 Å². The minimum atomic E-state index is 0.527. The lowest BCUT2D eigenvalue weighted by atomic mass is 10.0. The summed E-state index contributed by atoms with van der Waals surface area (Å²) in [5.74, 6) is 2.64. The minimum absolute atomic E-state index is 0.527. The maximum absolute atomic E-state index is 5.46. The highest BCUT2D eigenvalue weighted by atomic mass is 32.2. The van der Waals surface area contributed by atoms with Crippen LogP contribution in [0.25, 0.3) is 0 Å². The Balaban J connectivity index is 1.84. The van der Waals surface area contributed by atoms with Gasteiger partial charge in [0.05, 0.1) is 13.7 Å². The lowest BCUT2D eigenvalue weighted by Gasteiger charge is -2.21. The van der Waals surface area contributed by atoms with Gasteiger partial charge in [-0.3, -0.25) is 0 Å². The molecule has 0 aromatic heterocycles. The first-order chi connectivity index (χ1) is 8.83. The Hall–Kier alpha value is -0.710. The van der Waals surface area contributed by atoms with Gasteiger partial charge >= 0.3 is 0 Å². The number of thioether (sulfide) groups is 1. The summed E-state index contributed by atoms with van der Waals surface area (Å²) in [4.78, 5) is 1.29. The van der Waals surface area contributed by atoms with Crippen molar-refractivity contribution in [3.63, 3.8) is 0 Å². The average molecular weight is 267 g/mol. The Morgan fingerprint density at radius 2 is 2.22 bits per heavy atom. The first-order valence-electron chi connectivity index (χ1n) is 6.35. The zero-order chi connectivity index (χ0) is 12.8. The molecule has 0 aliphatic carbocycles. The normalized spacial score (nSPS) is 20.9. The van der Waals surface area contributed by atoms with E-state index in [2.05, 4.69) is 17.4 Å². The number of methoxy groups -OCH3 is 1. The van der Waals surface area contributed by atoms with Crippen molar-refractivity contribution in [2.75, 3.05) is 33.1 Å². The number of hydrogen-bond acceptors (Lipinski definition) is 4. The van der Waals surface area contributed by atoms with Crippen LogP contribution in [0.4, 0.5) is 0 Å². The summed E-state index contributed by atoms with van der Waals surface area (Å²) in [5, 5.41) is 3.41. The fourth-order valence-electron chi connectivity index (χ4n) is 2.18. The van der Waals surface area contributed by atoms with Crippen LogP contribution in [0.1, 0.15) is 6.42 Å². The van der Waals surface area contributed by atoms with Crippen LogP contribution >= 0.6 is 11.8 Å². The SMILES string of the molecule is CNC(CSc1ccc(OC)cc1)C1CCOC1. The van der Waals surface area contributed by atoms with Crippen molar-refractivity contribution in [3.8, 4) is 5.75 Å². The van der Waals surface area contributed by atoms with Crippen LogP contribution in [-0.4, -0.2) is 39.2 Å². The van der Waals surface area contributed by atoms with E-state index in [1.807, 2.05) is 30.9 Å². The van der Waals surface area contributed by atoms with Crippen molar-refractivity contribution < 1.29 is 9.47 Å². The van der Waals surface area contributed by atoms with Gasteiger partial charge in [-0.05, 0) is 37.7 Å². The van der Waals surface area contributed by atoms with Gasteiger partial charge in [0.1, 0.15) is 5.75 Å². The standard InChI is InChI=1S/C14H21NO2S/c1-15-14(11-7-8-17-9-11)10-18-13-5-3-12(16-2)4-6-13/h3-6,11,14-15H,7-10H2,1-2H3. The lowest BCUT2D eigenvalue weighted by molar-refractivity contribution is 0.180. The van der Waals surface area contributed by atoms with E-state index in [4.69, 9.17) is 9.47 Å². The molecule has 1 aliphatic rings. The molecule has 2 atom stereocenters. The first kappa shape index (κ1) is 13.7. The number of ether oxygens (including phenoxy) is 2. The second-order valence-electron chi connectivity index (χ2n) is 4.51. The van der Waals surface area contributed by atoms with E-state index >= 15 is 0 Å². The predicted octanol–water partition coefficient (Wildman–Crippen LogP) is 2.41. The third-order valence-electron chi connectivity index (χ3n) is 3.39. The Bertz CT molecular complexity index is 349. The second kappa shape index (κ2) is 7.02. The first-order valence-corrected chi connectivity index (χ1v) is 7.34. The molecule has 100 valence electrons. The Kier molecular flexibility index (Phi) is 5.35. The lowest BCUT2D eigenvalue weighted by Crippen LogP contribution is -2.36. The van der Waals surface area contributed by atoms with Gasteiger partial charge < -0.3 is 14.8 Å². The molecule has 3 nitrogen and oxygen atoms in total. The third-order valence-corrected chi connectivity index (χ3v) is 4.53. The summed E-state index contributed by atoms with van der Waals surface area (Å²) in [6, 6.07) is 8.77. The number of nitrogens with one attached hydrogen (secondary N) is 1. The fourth-order valence-corrected chi connectivity index (χ4v) is 3.32. The van der Waals surface area contributed by atoms with Crippen LogP contribution in [0.15, 0.2) is 29.2 Å². The van der Waals surface area contributed by atoms with Gasteiger partial charge in [0, 0.05) is 29.2 Å². The molecular weight excluding hydrogens is 246 g/mol. The Labute approximate surface area is 113 Å². The molecule has 0 saturated carbocycles. The average Bonchev–Trinajstić information content (AvgIpc) is 2.94. The van der Waals surface area contributed by atoms with Gasteiger partial charge in [0.2, 0.25) is 0 Å². The van der Waals surface area contributed by atoms with Crippen LogP contribution in [0, 0.1) is 5.92 Å². The molecule has 1 fully saturated rings. The zero-order valence-electron chi connectivity index (χ0n) is 11.0. The molecule has 4 heteroatoms. The molecular formula is C14H21NO2S.